The monoisotopic (exact) mass is 518 g/mol. The van der Waals surface area contributed by atoms with E-state index < -0.39 is 0 Å². The van der Waals surface area contributed by atoms with E-state index in [1.165, 1.54) is 0 Å². The highest BCUT2D eigenvalue weighted by Gasteiger charge is 2.18. The van der Waals surface area contributed by atoms with E-state index in [4.69, 9.17) is 14.5 Å². The van der Waals surface area contributed by atoms with Gasteiger partial charge in [-0.1, -0.05) is 12.1 Å². The molecule has 1 saturated heterocycles. The minimum absolute atomic E-state index is 0. The van der Waals surface area contributed by atoms with Gasteiger partial charge in [0.25, 0.3) is 0 Å². The first-order chi connectivity index (χ1) is 13.4. The molecule has 1 fully saturated rings. The van der Waals surface area contributed by atoms with Crippen LogP contribution in [-0.2, 0) is 11.3 Å². The molecular weight excluding hydrogens is 479 g/mol. The summed E-state index contributed by atoms with van der Waals surface area (Å²) in [6.45, 7) is 13.3. The van der Waals surface area contributed by atoms with Crippen LogP contribution in [0.15, 0.2) is 29.3 Å². The van der Waals surface area contributed by atoms with Crippen molar-refractivity contribution in [1.82, 2.24) is 15.5 Å². The quantitative estimate of drug-likeness (QED) is 0.313. The van der Waals surface area contributed by atoms with Gasteiger partial charge in [0.15, 0.2) is 5.96 Å². The Morgan fingerprint density at radius 3 is 2.66 bits per heavy atom. The number of hydrogen-bond donors (Lipinski definition) is 2. The van der Waals surface area contributed by atoms with E-state index in [9.17, 15) is 0 Å². The van der Waals surface area contributed by atoms with Crippen molar-refractivity contribution in [2.45, 2.75) is 58.7 Å². The summed E-state index contributed by atoms with van der Waals surface area (Å²) in [4.78, 5) is 7.09. The predicted octanol–water partition coefficient (Wildman–Crippen LogP) is 3.65. The molecule has 6 nitrogen and oxygen atoms in total. The van der Waals surface area contributed by atoms with E-state index in [-0.39, 0.29) is 29.5 Å². The van der Waals surface area contributed by atoms with Crippen molar-refractivity contribution < 1.29 is 9.47 Å². The van der Waals surface area contributed by atoms with Gasteiger partial charge in [0, 0.05) is 37.9 Å². The lowest BCUT2D eigenvalue weighted by Gasteiger charge is -2.31. The normalized spacial score (nSPS) is 15.7. The molecule has 1 heterocycles. The number of guanidine groups is 1. The number of likely N-dealkylation sites (N-methyl/N-ethyl adjacent to an activating group) is 1. The molecular formula is C22H39IN4O2. The fourth-order valence-electron chi connectivity index (χ4n) is 3.18. The van der Waals surface area contributed by atoms with Crippen molar-refractivity contribution >= 4 is 29.9 Å². The van der Waals surface area contributed by atoms with Gasteiger partial charge in [0.1, 0.15) is 12.4 Å². The lowest BCUT2D eigenvalue weighted by Crippen LogP contribution is -2.47. The molecule has 0 saturated carbocycles. The molecule has 0 spiro atoms. The van der Waals surface area contributed by atoms with Crippen molar-refractivity contribution in [2.75, 3.05) is 40.0 Å². The highest BCUT2D eigenvalue weighted by atomic mass is 127. The van der Waals surface area contributed by atoms with Crippen LogP contribution >= 0.6 is 24.0 Å². The Hall–Kier alpha value is -1.06. The van der Waals surface area contributed by atoms with Crippen LogP contribution in [0.1, 0.15) is 46.1 Å². The average Bonchev–Trinajstić information content (AvgIpc) is 2.66. The molecule has 166 valence electrons. The molecule has 0 bridgehead atoms. The first-order valence-corrected chi connectivity index (χ1v) is 10.4. The van der Waals surface area contributed by atoms with Gasteiger partial charge < -0.3 is 20.1 Å². The Morgan fingerprint density at radius 2 is 2.00 bits per heavy atom. The smallest absolute Gasteiger partial charge is 0.191 e. The highest BCUT2D eigenvalue weighted by molar-refractivity contribution is 14.0. The van der Waals surface area contributed by atoms with Crippen LogP contribution in [0.2, 0.25) is 0 Å². The van der Waals surface area contributed by atoms with Gasteiger partial charge in [-0.3, -0.25) is 4.90 Å². The minimum atomic E-state index is -0.0253. The van der Waals surface area contributed by atoms with E-state index in [1.807, 2.05) is 12.1 Å². The third kappa shape index (κ3) is 10.5. The standard InChI is InChI=1S/C22H38N4O2.HI/c1-6-23-21(25-22(2,3)4)24-17-18-8-7-9-20(16-18)28-15-12-26(5)19-10-13-27-14-11-19;/h7-9,16,19H,6,10-15,17H2,1-5H3,(H2,23,24,25);1H. The van der Waals surface area contributed by atoms with E-state index in [0.717, 1.165) is 56.4 Å². The summed E-state index contributed by atoms with van der Waals surface area (Å²) in [5.74, 6) is 1.74. The highest BCUT2D eigenvalue weighted by Crippen LogP contribution is 2.16. The average molecular weight is 518 g/mol. The SMILES string of the molecule is CCNC(=NCc1cccc(OCCN(C)C2CCOCC2)c1)NC(C)(C)C.I. The molecule has 29 heavy (non-hydrogen) atoms. The van der Waals surface area contributed by atoms with Crippen LogP contribution in [0.4, 0.5) is 0 Å². The Morgan fingerprint density at radius 1 is 1.28 bits per heavy atom. The van der Waals surface area contributed by atoms with E-state index in [0.29, 0.717) is 19.2 Å². The van der Waals surface area contributed by atoms with Crippen molar-refractivity contribution in [3.63, 3.8) is 0 Å². The Labute approximate surface area is 193 Å². The van der Waals surface area contributed by atoms with Crippen LogP contribution in [0.5, 0.6) is 5.75 Å². The lowest BCUT2D eigenvalue weighted by atomic mass is 10.1. The molecule has 1 aromatic carbocycles. The van der Waals surface area contributed by atoms with E-state index in [2.05, 4.69) is 62.4 Å². The zero-order valence-corrected chi connectivity index (χ0v) is 21.0. The molecule has 1 aliphatic rings. The van der Waals surface area contributed by atoms with Gasteiger partial charge >= 0.3 is 0 Å². The zero-order valence-electron chi connectivity index (χ0n) is 18.7. The molecule has 0 aromatic heterocycles. The number of hydrogen-bond acceptors (Lipinski definition) is 4. The predicted molar refractivity (Wildman–Crippen MR) is 132 cm³/mol. The second-order valence-electron chi connectivity index (χ2n) is 8.39. The summed E-state index contributed by atoms with van der Waals surface area (Å²) in [7, 11) is 2.18. The Bertz CT molecular complexity index is 613. The van der Waals surface area contributed by atoms with Crippen molar-refractivity contribution in [2.24, 2.45) is 4.99 Å². The summed E-state index contributed by atoms with van der Waals surface area (Å²) in [5, 5.41) is 6.71. The minimum Gasteiger partial charge on any atom is -0.492 e. The van der Waals surface area contributed by atoms with Crippen LogP contribution < -0.4 is 15.4 Å². The molecule has 1 aliphatic heterocycles. The number of ether oxygens (including phenoxy) is 2. The largest absolute Gasteiger partial charge is 0.492 e. The van der Waals surface area contributed by atoms with Gasteiger partial charge in [-0.25, -0.2) is 4.99 Å². The Kier molecular flexibility index (Phi) is 11.9. The first kappa shape index (κ1) is 26.0. The molecule has 2 rings (SSSR count). The van der Waals surface area contributed by atoms with Gasteiger partial charge in [0.05, 0.1) is 6.54 Å². The molecule has 0 unspecified atom stereocenters. The summed E-state index contributed by atoms with van der Waals surface area (Å²) >= 11 is 0. The number of halogens is 1. The van der Waals surface area contributed by atoms with E-state index in [1.54, 1.807) is 0 Å². The second kappa shape index (κ2) is 13.3. The van der Waals surface area contributed by atoms with Gasteiger partial charge in [-0.05, 0) is 65.3 Å². The van der Waals surface area contributed by atoms with Crippen molar-refractivity contribution in [3.8, 4) is 5.75 Å². The first-order valence-electron chi connectivity index (χ1n) is 10.4. The van der Waals surface area contributed by atoms with E-state index >= 15 is 0 Å². The molecule has 0 radical (unpaired) electrons. The lowest BCUT2D eigenvalue weighted by molar-refractivity contribution is 0.0392. The summed E-state index contributed by atoms with van der Waals surface area (Å²) in [5.41, 5.74) is 1.11. The zero-order chi connectivity index (χ0) is 20.4. The van der Waals surface area contributed by atoms with Gasteiger partial charge in [-0.15, -0.1) is 24.0 Å². The van der Waals surface area contributed by atoms with Crippen LogP contribution in [0.3, 0.4) is 0 Å². The fourth-order valence-corrected chi connectivity index (χ4v) is 3.18. The number of benzene rings is 1. The maximum atomic E-state index is 5.99. The number of nitrogens with one attached hydrogen (secondary N) is 2. The summed E-state index contributed by atoms with van der Waals surface area (Å²) < 4.78 is 11.4. The summed E-state index contributed by atoms with van der Waals surface area (Å²) in [6.07, 6.45) is 2.22. The van der Waals surface area contributed by atoms with Gasteiger partial charge in [-0.2, -0.15) is 0 Å². The van der Waals surface area contributed by atoms with Crippen molar-refractivity contribution in [1.29, 1.82) is 0 Å². The van der Waals surface area contributed by atoms with Crippen LogP contribution in [0.25, 0.3) is 0 Å². The Balaban J connectivity index is 0.00000420. The molecule has 0 amide bonds. The molecule has 0 aliphatic carbocycles. The van der Waals surface area contributed by atoms with Crippen LogP contribution in [0, 0.1) is 0 Å². The molecule has 7 heteroatoms. The molecule has 0 atom stereocenters. The third-order valence-electron chi connectivity index (χ3n) is 4.68. The number of aliphatic imine (C=N–C) groups is 1. The summed E-state index contributed by atoms with van der Waals surface area (Å²) in [6, 6.07) is 8.83. The van der Waals surface area contributed by atoms with Gasteiger partial charge in [0.2, 0.25) is 0 Å². The number of nitrogens with zero attached hydrogens (tertiary/aromatic N) is 2. The second-order valence-corrected chi connectivity index (χ2v) is 8.39. The maximum absolute atomic E-state index is 5.99. The molecule has 2 N–H and O–H groups in total. The van der Waals surface area contributed by atoms with Crippen molar-refractivity contribution in [3.05, 3.63) is 29.8 Å². The maximum Gasteiger partial charge on any atom is 0.191 e. The number of rotatable bonds is 8. The fraction of sp³-hybridized carbons (Fsp3) is 0.682. The topological polar surface area (TPSA) is 58.1 Å². The third-order valence-corrected chi connectivity index (χ3v) is 4.68. The molecule has 1 aromatic rings. The van der Waals surface area contributed by atoms with Crippen LogP contribution in [-0.4, -0.2) is 62.4 Å².